The number of pyridine rings is 1. The minimum absolute atomic E-state index is 0.0659. The Bertz CT molecular complexity index is 1120. The van der Waals surface area contributed by atoms with Crippen LogP contribution in [0.5, 0.6) is 0 Å². The van der Waals surface area contributed by atoms with Crippen LogP contribution in [0.15, 0.2) is 28.7 Å². The first-order valence-electron chi connectivity index (χ1n) is 10.4. The van der Waals surface area contributed by atoms with Gasteiger partial charge in [-0.25, -0.2) is 4.98 Å². The van der Waals surface area contributed by atoms with Crippen molar-refractivity contribution in [3.63, 3.8) is 0 Å². The highest BCUT2D eigenvalue weighted by molar-refractivity contribution is 6.02. The number of amides is 1. The van der Waals surface area contributed by atoms with E-state index in [1.807, 2.05) is 19.1 Å². The quantitative estimate of drug-likeness (QED) is 0.526. The molecule has 9 heteroatoms. The van der Waals surface area contributed by atoms with Crippen molar-refractivity contribution < 1.29 is 9.53 Å². The summed E-state index contributed by atoms with van der Waals surface area (Å²) in [5, 5.41) is 9.73. The smallest absolute Gasteiger partial charge is 0.267 e. The number of nitrogens with zero attached hydrogens (tertiary/aromatic N) is 6. The molecule has 0 aromatic carbocycles. The first kappa shape index (κ1) is 21.0. The van der Waals surface area contributed by atoms with Crippen LogP contribution >= 0.6 is 0 Å². The number of likely N-dealkylation sites (N-methyl/N-ethyl adjacent to an activating group) is 1. The van der Waals surface area contributed by atoms with Crippen LogP contribution in [0.1, 0.15) is 11.1 Å². The largest absolute Gasteiger partial charge is 0.378 e. The monoisotopic (exact) mass is 422 g/mol. The molecule has 1 amide bonds. The number of carbonyl (C=O) groups is 1. The number of hydrogen-bond acceptors (Lipinski definition) is 7. The number of piperazine rings is 1. The van der Waals surface area contributed by atoms with Crippen LogP contribution in [0.2, 0.25) is 0 Å². The van der Waals surface area contributed by atoms with E-state index in [-0.39, 0.29) is 22.6 Å². The summed E-state index contributed by atoms with van der Waals surface area (Å²) in [5.74, 6) is 0.138. The van der Waals surface area contributed by atoms with Crippen molar-refractivity contribution in [1.29, 1.82) is 5.26 Å². The van der Waals surface area contributed by atoms with Crippen LogP contribution in [0.4, 0.5) is 5.82 Å². The SMILES string of the molecule is Cc1cccn2c(=O)c(/C=C(/C#N)C(=O)N3CCOCC3)c(N3CCN(C)CC3)nc12. The molecule has 2 aliphatic heterocycles. The fourth-order valence-corrected chi connectivity index (χ4v) is 3.91. The fourth-order valence-electron chi connectivity index (χ4n) is 3.91. The minimum Gasteiger partial charge on any atom is -0.378 e. The van der Waals surface area contributed by atoms with E-state index in [1.54, 1.807) is 17.2 Å². The zero-order valence-electron chi connectivity index (χ0n) is 17.9. The van der Waals surface area contributed by atoms with E-state index >= 15 is 0 Å². The fraction of sp³-hybridized carbons (Fsp3) is 0.455. The molecular formula is C22H26N6O3. The van der Waals surface area contributed by atoms with E-state index in [1.165, 1.54) is 10.5 Å². The number of anilines is 1. The lowest BCUT2D eigenvalue weighted by Gasteiger charge is -2.34. The third-order valence-electron chi connectivity index (χ3n) is 5.80. The van der Waals surface area contributed by atoms with Crippen LogP contribution < -0.4 is 10.5 Å². The summed E-state index contributed by atoms with van der Waals surface area (Å²) in [6.07, 6.45) is 3.08. The van der Waals surface area contributed by atoms with Crippen LogP contribution in [-0.2, 0) is 9.53 Å². The van der Waals surface area contributed by atoms with Gasteiger partial charge in [0, 0.05) is 45.5 Å². The summed E-state index contributed by atoms with van der Waals surface area (Å²) in [4.78, 5) is 37.1. The van der Waals surface area contributed by atoms with Gasteiger partial charge in [-0.1, -0.05) is 6.07 Å². The molecule has 0 unspecified atom stereocenters. The standard InChI is InChI=1S/C22H26N6O3/c1-16-4-3-5-28-19(16)24-20(26-8-6-25(2)7-9-26)18(22(28)30)14-17(15-23)21(29)27-10-12-31-13-11-27/h3-5,14H,6-13H2,1-2H3/b17-14-. The molecule has 0 bridgehead atoms. The molecule has 0 atom stereocenters. The second-order valence-corrected chi connectivity index (χ2v) is 7.90. The van der Waals surface area contributed by atoms with Gasteiger partial charge < -0.3 is 19.4 Å². The summed E-state index contributed by atoms with van der Waals surface area (Å²) >= 11 is 0. The number of carbonyl (C=O) groups excluding carboxylic acids is 1. The van der Waals surface area contributed by atoms with Crippen molar-refractivity contribution in [1.82, 2.24) is 19.2 Å². The van der Waals surface area contributed by atoms with Crippen molar-refractivity contribution >= 4 is 23.4 Å². The van der Waals surface area contributed by atoms with Crippen molar-refractivity contribution in [3.8, 4) is 6.07 Å². The molecule has 0 N–H and O–H groups in total. The highest BCUT2D eigenvalue weighted by Gasteiger charge is 2.25. The maximum absolute atomic E-state index is 13.4. The van der Waals surface area contributed by atoms with Gasteiger partial charge in [0.2, 0.25) is 0 Å². The number of hydrogen-bond donors (Lipinski definition) is 0. The van der Waals surface area contributed by atoms with E-state index in [4.69, 9.17) is 9.72 Å². The maximum Gasteiger partial charge on any atom is 0.267 e. The summed E-state index contributed by atoms with van der Waals surface area (Å²) in [7, 11) is 2.06. The van der Waals surface area contributed by atoms with E-state index in [0.717, 1.165) is 18.7 Å². The molecule has 2 aromatic heterocycles. The number of nitriles is 1. The Kier molecular flexibility index (Phi) is 6.02. The summed E-state index contributed by atoms with van der Waals surface area (Å²) in [6.45, 7) is 6.76. The Labute approximate surface area is 180 Å². The molecule has 0 radical (unpaired) electrons. The molecule has 4 rings (SSSR count). The average Bonchev–Trinajstić information content (AvgIpc) is 2.80. The highest BCUT2D eigenvalue weighted by atomic mass is 16.5. The van der Waals surface area contributed by atoms with E-state index in [2.05, 4.69) is 16.8 Å². The van der Waals surface area contributed by atoms with Gasteiger partial charge in [-0.2, -0.15) is 5.26 Å². The van der Waals surface area contributed by atoms with E-state index in [9.17, 15) is 14.9 Å². The van der Waals surface area contributed by atoms with Crippen LogP contribution in [-0.4, -0.2) is 84.6 Å². The van der Waals surface area contributed by atoms with Gasteiger partial charge in [0.15, 0.2) is 0 Å². The van der Waals surface area contributed by atoms with Gasteiger partial charge >= 0.3 is 0 Å². The molecule has 2 fully saturated rings. The second-order valence-electron chi connectivity index (χ2n) is 7.90. The van der Waals surface area contributed by atoms with Crippen LogP contribution in [0.3, 0.4) is 0 Å². The summed E-state index contributed by atoms with van der Waals surface area (Å²) in [6, 6.07) is 5.70. The van der Waals surface area contributed by atoms with Crippen molar-refractivity contribution in [2.24, 2.45) is 0 Å². The molecule has 9 nitrogen and oxygen atoms in total. The number of aryl methyl sites for hydroxylation is 1. The highest BCUT2D eigenvalue weighted by Crippen LogP contribution is 2.22. The van der Waals surface area contributed by atoms with Crippen LogP contribution in [0, 0.1) is 18.3 Å². The number of rotatable bonds is 3. The zero-order valence-corrected chi connectivity index (χ0v) is 17.9. The van der Waals surface area contributed by atoms with Crippen molar-refractivity contribution in [3.05, 3.63) is 45.4 Å². The molecule has 2 aromatic rings. The topological polar surface area (TPSA) is 94.2 Å². The average molecular weight is 422 g/mol. The normalized spacial score (nSPS) is 18.3. The first-order chi connectivity index (χ1) is 15.0. The van der Waals surface area contributed by atoms with Crippen LogP contribution in [0.25, 0.3) is 11.7 Å². The molecule has 0 aliphatic carbocycles. The molecule has 162 valence electrons. The Hall–Kier alpha value is -3.22. The number of morpholine rings is 1. The summed E-state index contributed by atoms with van der Waals surface area (Å²) in [5.41, 5.74) is 1.38. The summed E-state index contributed by atoms with van der Waals surface area (Å²) < 4.78 is 6.78. The van der Waals surface area contributed by atoms with Gasteiger partial charge in [-0.15, -0.1) is 0 Å². The van der Waals surface area contributed by atoms with Gasteiger partial charge in [0.25, 0.3) is 11.5 Å². The first-order valence-corrected chi connectivity index (χ1v) is 10.4. The van der Waals surface area contributed by atoms with Crippen molar-refractivity contribution in [2.75, 3.05) is 64.4 Å². The lowest BCUT2D eigenvalue weighted by Crippen LogP contribution is -2.45. The minimum atomic E-state index is -0.385. The Balaban J connectivity index is 1.84. The zero-order chi connectivity index (χ0) is 22.0. The molecule has 31 heavy (non-hydrogen) atoms. The molecule has 0 spiro atoms. The number of fused-ring (bicyclic) bond motifs is 1. The molecule has 4 heterocycles. The predicted octanol–water partition coefficient (Wildman–Crippen LogP) is 0.521. The Morgan fingerprint density at radius 3 is 2.58 bits per heavy atom. The lowest BCUT2D eigenvalue weighted by molar-refractivity contribution is -0.130. The number of aromatic nitrogens is 2. The second kappa shape index (κ2) is 8.88. The predicted molar refractivity (Wildman–Crippen MR) is 117 cm³/mol. The lowest BCUT2D eigenvalue weighted by atomic mass is 10.1. The van der Waals surface area contributed by atoms with E-state index < -0.39 is 0 Å². The Morgan fingerprint density at radius 2 is 1.90 bits per heavy atom. The third-order valence-corrected chi connectivity index (χ3v) is 5.80. The van der Waals surface area contributed by atoms with E-state index in [0.29, 0.717) is 50.9 Å². The number of ether oxygens (including phenoxy) is 1. The van der Waals surface area contributed by atoms with Gasteiger partial charge in [-0.3, -0.25) is 14.0 Å². The van der Waals surface area contributed by atoms with Gasteiger partial charge in [-0.05, 0) is 31.7 Å². The Morgan fingerprint density at radius 1 is 1.19 bits per heavy atom. The molecular weight excluding hydrogens is 396 g/mol. The molecule has 2 saturated heterocycles. The molecule has 2 aliphatic rings. The maximum atomic E-state index is 13.4. The third kappa shape index (κ3) is 4.17. The van der Waals surface area contributed by atoms with Crippen molar-refractivity contribution in [2.45, 2.75) is 6.92 Å². The van der Waals surface area contributed by atoms with Gasteiger partial charge in [0.05, 0.1) is 18.8 Å². The van der Waals surface area contributed by atoms with Gasteiger partial charge in [0.1, 0.15) is 23.1 Å². The molecule has 0 saturated carbocycles.